The molecule has 0 aliphatic carbocycles. The summed E-state index contributed by atoms with van der Waals surface area (Å²) >= 11 is 0. The first-order chi connectivity index (χ1) is 13.0. The van der Waals surface area contributed by atoms with Crippen molar-refractivity contribution in [2.45, 2.75) is 41.0 Å². The summed E-state index contributed by atoms with van der Waals surface area (Å²) in [5.74, 6) is -0.659. The van der Waals surface area contributed by atoms with Crippen LogP contribution in [0.15, 0.2) is 77.8 Å². The summed E-state index contributed by atoms with van der Waals surface area (Å²) in [6.07, 6.45) is 3.94. The van der Waals surface area contributed by atoms with Crippen LogP contribution in [0.3, 0.4) is 0 Å². The Morgan fingerprint density at radius 1 is 1.21 bits per heavy atom. The topological polar surface area (TPSA) is 59.6 Å². The lowest BCUT2D eigenvalue weighted by Crippen LogP contribution is -2.20. The minimum atomic E-state index is -0.953. The second kappa shape index (κ2) is 15.6. The zero-order valence-electron chi connectivity index (χ0n) is 17.9. The monoisotopic (exact) mass is 395 g/mol. The summed E-state index contributed by atoms with van der Waals surface area (Å²) in [6.45, 7) is 24.5. The zero-order valence-corrected chi connectivity index (χ0v) is 17.9. The predicted molar refractivity (Wildman–Crippen MR) is 117 cm³/mol. The van der Waals surface area contributed by atoms with Crippen LogP contribution in [0.4, 0.5) is 8.78 Å². The molecule has 3 N–H and O–H groups in total. The molecular formula is C22H35F2N3O. The van der Waals surface area contributed by atoms with Crippen LogP contribution < -0.4 is 11.1 Å². The number of allylic oxidation sites excluding steroid dienone is 6. The van der Waals surface area contributed by atoms with E-state index in [4.69, 9.17) is 10.5 Å². The van der Waals surface area contributed by atoms with Gasteiger partial charge in [-0.25, -0.2) is 13.8 Å². The number of nitrogens with zero attached hydrogens (tertiary/aromatic N) is 1. The lowest BCUT2D eigenvalue weighted by Gasteiger charge is -2.10. The van der Waals surface area contributed by atoms with Gasteiger partial charge in [0, 0.05) is 18.9 Å². The SMILES string of the molecule is C=C(C)N.C=C/C(F)=C(/N=C(C)N/C(=C/C)C(=C)C)C(=C)F.CC1CCOC1. The van der Waals surface area contributed by atoms with Crippen LogP contribution in [0, 0.1) is 5.92 Å². The van der Waals surface area contributed by atoms with Crippen molar-refractivity contribution >= 4 is 5.84 Å². The molecule has 158 valence electrons. The molecule has 0 radical (unpaired) electrons. The molecule has 1 saturated heterocycles. The molecule has 28 heavy (non-hydrogen) atoms. The Bertz CT molecular complexity index is 636. The number of halogens is 2. The van der Waals surface area contributed by atoms with E-state index in [1.807, 2.05) is 13.8 Å². The Kier molecular flexibility index (Phi) is 15.4. The number of hydrogen-bond acceptors (Lipinski definition) is 3. The average molecular weight is 396 g/mol. The molecule has 1 aliphatic heterocycles. The average Bonchev–Trinajstić information content (AvgIpc) is 3.07. The highest BCUT2D eigenvalue weighted by atomic mass is 19.1. The normalized spacial score (nSPS) is 17.2. The summed E-state index contributed by atoms with van der Waals surface area (Å²) in [5, 5.41) is 2.90. The predicted octanol–water partition coefficient (Wildman–Crippen LogP) is 5.85. The van der Waals surface area contributed by atoms with Crippen LogP contribution in [0.25, 0.3) is 0 Å². The molecule has 0 aromatic heterocycles. The van der Waals surface area contributed by atoms with E-state index < -0.39 is 17.4 Å². The van der Waals surface area contributed by atoms with Crippen molar-refractivity contribution in [2.75, 3.05) is 13.2 Å². The van der Waals surface area contributed by atoms with Gasteiger partial charge >= 0.3 is 0 Å². The van der Waals surface area contributed by atoms with E-state index in [0.717, 1.165) is 36.5 Å². The standard InChI is InChI=1S/C14H18F2N2.C5H10O.C3H7N/c1-7-12(16)14(10(5)15)18-11(6)17-13(8-2)9(3)4;1-5-2-3-6-4-5;1-3(2)4/h7-8H,1,3,5H2,2,4,6H3,(H,17,18);5H,2-4H2,1H3;1,4H2,2H3/b13-8+,14-12-;;. The zero-order chi connectivity index (χ0) is 22.3. The third-order valence-electron chi connectivity index (χ3n) is 3.16. The summed E-state index contributed by atoms with van der Waals surface area (Å²) in [5.41, 5.74) is 6.65. The van der Waals surface area contributed by atoms with Crippen molar-refractivity contribution in [3.63, 3.8) is 0 Å². The molecule has 1 heterocycles. The van der Waals surface area contributed by atoms with Crippen LogP contribution in [-0.4, -0.2) is 19.0 Å². The molecule has 1 rings (SSSR count). The molecule has 0 bridgehead atoms. The van der Waals surface area contributed by atoms with E-state index in [9.17, 15) is 8.78 Å². The molecule has 1 atom stereocenters. The van der Waals surface area contributed by atoms with Gasteiger partial charge in [-0.1, -0.05) is 39.3 Å². The Balaban J connectivity index is 0. The summed E-state index contributed by atoms with van der Waals surface area (Å²) in [6, 6.07) is 0. The highest BCUT2D eigenvalue weighted by Crippen LogP contribution is 2.18. The molecule has 0 saturated carbocycles. The van der Waals surface area contributed by atoms with Gasteiger partial charge in [0.15, 0.2) is 5.83 Å². The van der Waals surface area contributed by atoms with Crippen molar-refractivity contribution in [3.05, 3.63) is 72.8 Å². The van der Waals surface area contributed by atoms with E-state index in [-0.39, 0.29) is 0 Å². The van der Waals surface area contributed by atoms with Crippen molar-refractivity contribution in [1.82, 2.24) is 5.32 Å². The van der Waals surface area contributed by atoms with Gasteiger partial charge in [-0.15, -0.1) is 0 Å². The quantitative estimate of drug-likeness (QED) is 0.349. The van der Waals surface area contributed by atoms with E-state index >= 15 is 0 Å². The molecule has 0 aromatic rings. The fourth-order valence-electron chi connectivity index (χ4n) is 1.81. The number of nitrogens with one attached hydrogen (secondary N) is 1. The number of amidine groups is 1. The van der Waals surface area contributed by atoms with E-state index in [2.05, 4.69) is 43.5 Å². The van der Waals surface area contributed by atoms with Crippen LogP contribution >= 0.6 is 0 Å². The Hall–Kier alpha value is -2.47. The van der Waals surface area contributed by atoms with E-state index in [1.165, 1.54) is 6.42 Å². The first kappa shape index (κ1) is 27.7. The highest BCUT2D eigenvalue weighted by molar-refractivity contribution is 5.83. The molecule has 1 unspecified atom stereocenters. The van der Waals surface area contributed by atoms with Gasteiger partial charge in [-0.3, -0.25) is 0 Å². The fraction of sp³-hybridized carbons (Fsp3) is 0.409. The number of ether oxygens (including phenoxy) is 1. The lowest BCUT2D eigenvalue weighted by molar-refractivity contribution is 0.188. The van der Waals surface area contributed by atoms with E-state index in [0.29, 0.717) is 11.5 Å². The molecule has 0 spiro atoms. The lowest BCUT2D eigenvalue weighted by atomic mass is 10.2. The minimum absolute atomic E-state index is 0.330. The van der Waals surface area contributed by atoms with Crippen LogP contribution in [0.1, 0.15) is 41.0 Å². The van der Waals surface area contributed by atoms with Crippen molar-refractivity contribution in [3.8, 4) is 0 Å². The minimum Gasteiger partial charge on any atom is -0.403 e. The third-order valence-corrected chi connectivity index (χ3v) is 3.16. The summed E-state index contributed by atoms with van der Waals surface area (Å²) < 4.78 is 31.4. The molecule has 0 aromatic carbocycles. The first-order valence-electron chi connectivity index (χ1n) is 8.96. The smallest absolute Gasteiger partial charge is 0.151 e. The molecule has 6 heteroatoms. The number of aliphatic imine (C=N–C) groups is 1. The molecule has 1 aliphatic rings. The molecule has 0 amide bonds. The van der Waals surface area contributed by atoms with Gasteiger partial charge < -0.3 is 15.8 Å². The Labute approximate surface area is 169 Å². The van der Waals surface area contributed by atoms with Gasteiger partial charge in [0.2, 0.25) is 0 Å². The third kappa shape index (κ3) is 14.7. The van der Waals surface area contributed by atoms with Gasteiger partial charge in [0.1, 0.15) is 17.4 Å². The number of hydrogen-bond donors (Lipinski definition) is 2. The van der Waals surface area contributed by atoms with Gasteiger partial charge in [0.05, 0.1) is 0 Å². The Morgan fingerprint density at radius 3 is 2.00 bits per heavy atom. The maximum absolute atomic E-state index is 13.3. The second-order valence-corrected chi connectivity index (χ2v) is 6.43. The fourth-order valence-corrected chi connectivity index (χ4v) is 1.81. The van der Waals surface area contributed by atoms with Crippen LogP contribution in [0.2, 0.25) is 0 Å². The van der Waals surface area contributed by atoms with E-state index in [1.54, 1.807) is 19.9 Å². The molecule has 1 fully saturated rings. The van der Waals surface area contributed by atoms with Gasteiger partial charge in [-0.2, -0.15) is 0 Å². The van der Waals surface area contributed by atoms with Gasteiger partial charge in [-0.05, 0) is 57.4 Å². The highest BCUT2D eigenvalue weighted by Gasteiger charge is 2.08. The van der Waals surface area contributed by atoms with Crippen molar-refractivity contribution in [1.29, 1.82) is 0 Å². The summed E-state index contributed by atoms with van der Waals surface area (Å²) in [4.78, 5) is 3.80. The summed E-state index contributed by atoms with van der Waals surface area (Å²) in [7, 11) is 0. The molecular weight excluding hydrogens is 360 g/mol. The largest absolute Gasteiger partial charge is 0.403 e. The first-order valence-corrected chi connectivity index (χ1v) is 8.96. The van der Waals surface area contributed by atoms with Gasteiger partial charge in [0.25, 0.3) is 0 Å². The Morgan fingerprint density at radius 2 is 1.75 bits per heavy atom. The second-order valence-electron chi connectivity index (χ2n) is 6.43. The maximum atomic E-state index is 13.3. The number of nitrogens with two attached hydrogens (primary N) is 1. The number of rotatable bonds is 5. The van der Waals surface area contributed by atoms with Crippen LogP contribution in [-0.2, 0) is 4.74 Å². The van der Waals surface area contributed by atoms with Crippen LogP contribution in [0.5, 0.6) is 0 Å². The maximum Gasteiger partial charge on any atom is 0.151 e. The van der Waals surface area contributed by atoms with Crippen molar-refractivity contribution < 1.29 is 13.5 Å². The van der Waals surface area contributed by atoms with Crippen molar-refractivity contribution in [2.24, 2.45) is 16.6 Å². The molecule has 4 nitrogen and oxygen atoms in total.